The van der Waals surface area contributed by atoms with E-state index in [1.54, 1.807) is 31.3 Å². The zero-order chi connectivity index (χ0) is 15.9. The van der Waals surface area contributed by atoms with E-state index in [9.17, 15) is 9.18 Å². The van der Waals surface area contributed by atoms with Gasteiger partial charge in [0, 0.05) is 34.2 Å². The van der Waals surface area contributed by atoms with Gasteiger partial charge < -0.3 is 15.5 Å². The lowest BCUT2D eigenvalue weighted by Crippen LogP contribution is -2.18. The molecular weight excluding hydrogens is 351 g/mol. The van der Waals surface area contributed by atoms with Gasteiger partial charge in [-0.25, -0.2) is 4.39 Å². The van der Waals surface area contributed by atoms with Gasteiger partial charge >= 0.3 is 0 Å². The second kappa shape index (κ2) is 5.46. The highest BCUT2D eigenvalue weighted by Crippen LogP contribution is 2.37. The van der Waals surface area contributed by atoms with Crippen molar-refractivity contribution < 1.29 is 13.6 Å². The molecule has 4 nitrogen and oxygen atoms in total. The first kappa shape index (κ1) is 14.6. The minimum atomic E-state index is -0.353. The highest BCUT2D eigenvalue weighted by atomic mass is 79.9. The molecule has 6 heteroatoms. The molecule has 1 heterocycles. The number of nitrogens with one attached hydrogen (secondary N) is 1. The van der Waals surface area contributed by atoms with E-state index in [2.05, 4.69) is 21.2 Å². The number of nitrogen functional groups attached to an aromatic ring is 1. The number of carbonyl (C=O) groups excluding carboxylic acids is 1. The van der Waals surface area contributed by atoms with Gasteiger partial charge in [-0.15, -0.1) is 0 Å². The fourth-order valence-corrected chi connectivity index (χ4v) is 2.63. The summed E-state index contributed by atoms with van der Waals surface area (Å²) in [6, 6.07) is 9.17. The number of furan rings is 1. The second-order valence-corrected chi connectivity index (χ2v) is 5.62. The summed E-state index contributed by atoms with van der Waals surface area (Å²) in [5.74, 6) is -0.255. The largest absolute Gasteiger partial charge is 0.455 e. The van der Waals surface area contributed by atoms with E-state index in [4.69, 9.17) is 10.2 Å². The Kier molecular flexibility index (Phi) is 3.62. The monoisotopic (exact) mass is 362 g/mol. The van der Waals surface area contributed by atoms with E-state index in [-0.39, 0.29) is 11.7 Å². The van der Waals surface area contributed by atoms with E-state index in [1.807, 2.05) is 0 Å². The zero-order valence-electron chi connectivity index (χ0n) is 11.6. The average molecular weight is 363 g/mol. The van der Waals surface area contributed by atoms with Crippen molar-refractivity contribution in [1.29, 1.82) is 0 Å². The van der Waals surface area contributed by atoms with Crippen molar-refractivity contribution in [2.75, 3.05) is 12.8 Å². The Morgan fingerprint density at radius 1 is 1.27 bits per heavy atom. The third-order valence-corrected chi connectivity index (χ3v) is 4.05. The molecule has 0 aliphatic heterocycles. The van der Waals surface area contributed by atoms with Gasteiger partial charge in [0.2, 0.25) is 0 Å². The van der Waals surface area contributed by atoms with Crippen LogP contribution in [-0.2, 0) is 0 Å². The topological polar surface area (TPSA) is 68.3 Å². The number of nitrogens with two attached hydrogens (primary N) is 1. The smallest absolute Gasteiger partial charge is 0.255 e. The summed E-state index contributed by atoms with van der Waals surface area (Å²) in [5, 5.41) is 3.23. The van der Waals surface area contributed by atoms with E-state index in [0.29, 0.717) is 38.0 Å². The molecule has 1 amide bonds. The lowest BCUT2D eigenvalue weighted by molar-refractivity contribution is 0.0964. The first-order valence-corrected chi connectivity index (χ1v) is 7.30. The Balaban J connectivity index is 2.33. The van der Waals surface area contributed by atoms with Crippen LogP contribution >= 0.6 is 15.9 Å². The summed E-state index contributed by atoms with van der Waals surface area (Å²) in [5.41, 5.74) is 7.87. The number of rotatable bonds is 2. The SMILES string of the molecule is CNC(=O)c1c(-c2ccc(F)cc2)oc2cc(N)c(Br)cc12. The third kappa shape index (κ3) is 2.35. The van der Waals surface area contributed by atoms with Gasteiger partial charge in [0.15, 0.2) is 0 Å². The summed E-state index contributed by atoms with van der Waals surface area (Å²) in [6.07, 6.45) is 0. The Hall–Kier alpha value is -2.34. The van der Waals surface area contributed by atoms with Crippen LogP contribution in [-0.4, -0.2) is 13.0 Å². The van der Waals surface area contributed by atoms with Gasteiger partial charge in [-0.05, 0) is 46.3 Å². The Labute approximate surface area is 134 Å². The van der Waals surface area contributed by atoms with Gasteiger partial charge in [0.25, 0.3) is 5.91 Å². The molecule has 0 saturated heterocycles. The third-order valence-electron chi connectivity index (χ3n) is 3.37. The Morgan fingerprint density at radius 2 is 1.95 bits per heavy atom. The Bertz CT molecular complexity index is 872. The molecule has 0 saturated carbocycles. The summed E-state index contributed by atoms with van der Waals surface area (Å²) < 4.78 is 19.6. The molecule has 22 heavy (non-hydrogen) atoms. The zero-order valence-corrected chi connectivity index (χ0v) is 13.2. The lowest BCUT2D eigenvalue weighted by atomic mass is 10.0. The summed E-state index contributed by atoms with van der Waals surface area (Å²) in [7, 11) is 1.54. The molecule has 3 aromatic rings. The van der Waals surface area contributed by atoms with Crippen molar-refractivity contribution in [2.45, 2.75) is 0 Å². The highest BCUT2D eigenvalue weighted by Gasteiger charge is 2.22. The van der Waals surface area contributed by atoms with Crippen LogP contribution in [0, 0.1) is 5.82 Å². The van der Waals surface area contributed by atoms with E-state index < -0.39 is 0 Å². The van der Waals surface area contributed by atoms with E-state index in [1.165, 1.54) is 12.1 Å². The normalized spacial score (nSPS) is 10.9. The highest BCUT2D eigenvalue weighted by molar-refractivity contribution is 9.10. The van der Waals surface area contributed by atoms with Gasteiger partial charge in [-0.3, -0.25) is 4.79 Å². The average Bonchev–Trinajstić information content (AvgIpc) is 2.86. The van der Waals surface area contributed by atoms with Crippen LogP contribution in [0.3, 0.4) is 0 Å². The van der Waals surface area contributed by atoms with Crippen molar-refractivity contribution in [3.05, 3.63) is 52.3 Å². The van der Waals surface area contributed by atoms with Gasteiger partial charge in [-0.2, -0.15) is 0 Å². The van der Waals surface area contributed by atoms with Crippen molar-refractivity contribution >= 4 is 38.5 Å². The molecule has 0 unspecified atom stereocenters. The van der Waals surface area contributed by atoms with Crippen LogP contribution < -0.4 is 11.1 Å². The minimum absolute atomic E-state index is 0.283. The molecule has 0 aliphatic rings. The molecule has 112 valence electrons. The molecule has 0 bridgehead atoms. The summed E-state index contributed by atoms with van der Waals surface area (Å²) in [6.45, 7) is 0. The van der Waals surface area contributed by atoms with Crippen LogP contribution in [0.25, 0.3) is 22.3 Å². The Morgan fingerprint density at radius 3 is 2.59 bits per heavy atom. The maximum absolute atomic E-state index is 13.1. The molecule has 3 rings (SSSR count). The maximum atomic E-state index is 13.1. The summed E-state index contributed by atoms with van der Waals surface area (Å²) in [4.78, 5) is 12.3. The number of benzene rings is 2. The van der Waals surface area contributed by atoms with Crippen LogP contribution in [0.2, 0.25) is 0 Å². The second-order valence-electron chi connectivity index (χ2n) is 4.76. The first-order chi connectivity index (χ1) is 10.5. The summed E-state index contributed by atoms with van der Waals surface area (Å²) >= 11 is 3.35. The quantitative estimate of drug-likeness (QED) is 0.678. The maximum Gasteiger partial charge on any atom is 0.255 e. The van der Waals surface area contributed by atoms with Gasteiger partial charge in [0.1, 0.15) is 17.2 Å². The number of halogens is 2. The number of hydrogen-bond acceptors (Lipinski definition) is 3. The standard InChI is InChI=1S/C16H12BrFN2O2/c1-20-16(21)14-10-6-11(17)12(19)7-13(10)22-15(14)8-2-4-9(18)5-3-8/h2-7H,19H2,1H3,(H,20,21). The fourth-order valence-electron chi connectivity index (χ4n) is 2.29. The van der Waals surface area contributed by atoms with Crippen molar-refractivity contribution in [3.8, 4) is 11.3 Å². The van der Waals surface area contributed by atoms with Gasteiger partial charge in [-0.1, -0.05) is 0 Å². The fraction of sp³-hybridized carbons (Fsp3) is 0.0625. The van der Waals surface area contributed by atoms with Crippen molar-refractivity contribution in [3.63, 3.8) is 0 Å². The number of anilines is 1. The molecule has 3 N–H and O–H groups in total. The van der Waals surface area contributed by atoms with Crippen LogP contribution in [0.15, 0.2) is 45.3 Å². The number of carbonyl (C=O) groups is 1. The molecule has 0 radical (unpaired) electrons. The van der Waals surface area contributed by atoms with E-state index >= 15 is 0 Å². The predicted molar refractivity (Wildman–Crippen MR) is 87.1 cm³/mol. The van der Waals surface area contributed by atoms with Gasteiger partial charge in [0.05, 0.1) is 5.56 Å². The van der Waals surface area contributed by atoms with Crippen LogP contribution in [0.4, 0.5) is 10.1 Å². The molecule has 0 aliphatic carbocycles. The van der Waals surface area contributed by atoms with Crippen LogP contribution in [0.1, 0.15) is 10.4 Å². The van der Waals surface area contributed by atoms with Crippen LogP contribution in [0.5, 0.6) is 0 Å². The minimum Gasteiger partial charge on any atom is -0.455 e. The predicted octanol–water partition coefficient (Wildman–Crippen LogP) is 3.94. The molecular formula is C16H12BrFN2O2. The molecule has 2 aromatic carbocycles. The van der Waals surface area contributed by atoms with Crippen molar-refractivity contribution in [1.82, 2.24) is 5.32 Å². The molecule has 0 spiro atoms. The molecule has 0 atom stereocenters. The lowest BCUT2D eigenvalue weighted by Gasteiger charge is -2.02. The molecule has 0 fully saturated rings. The number of fused-ring (bicyclic) bond motifs is 1. The molecule has 1 aromatic heterocycles. The number of amides is 1. The van der Waals surface area contributed by atoms with Crippen molar-refractivity contribution in [2.24, 2.45) is 0 Å². The number of hydrogen-bond donors (Lipinski definition) is 2. The first-order valence-electron chi connectivity index (χ1n) is 6.51. The van der Waals surface area contributed by atoms with E-state index in [0.717, 1.165) is 0 Å².